The second kappa shape index (κ2) is 7.25. The Morgan fingerprint density at radius 3 is 2.60 bits per heavy atom. The van der Waals surface area contributed by atoms with Crippen LogP contribution in [0, 0.1) is 0 Å². The highest BCUT2D eigenvalue weighted by Crippen LogP contribution is 2.29. The molecular formula is C11H18F3N5O. The first-order valence-corrected chi connectivity index (χ1v) is 5.97. The number of hydrogen-bond acceptors (Lipinski definition) is 6. The molecule has 1 rings (SSSR count). The van der Waals surface area contributed by atoms with Crippen LogP contribution in [0.2, 0.25) is 0 Å². The molecule has 20 heavy (non-hydrogen) atoms. The van der Waals surface area contributed by atoms with E-state index in [0.29, 0.717) is 19.8 Å². The number of likely N-dealkylation sites (N-methyl/N-ethyl adjacent to an activating group) is 1. The number of hydrogen-bond donors (Lipinski definition) is 2. The third-order valence-corrected chi connectivity index (χ3v) is 2.27. The molecule has 3 N–H and O–H groups in total. The first kappa shape index (κ1) is 16.4. The van der Waals surface area contributed by atoms with Gasteiger partial charge in [0.25, 0.3) is 0 Å². The summed E-state index contributed by atoms with van der Waals surface area (Å²) in [7, 11) is 3.84. The minimum atomic E-state index is -4.55. The van der Waals surface area contributed by atoms with Crippen LogP contribution in [0.5, 0.6) is 0 Å². The fraction of sp³-hybridized carbons (Fsp3) is 0.636. The van der Waals surface area contributed by atoms with E-state index in [9.17, 15) is 13.2 Å². The van der Waals surface area contributed by atoms with Crippen LogP contribution in [0.15, 0.2) is 6.07 Å². The summed E-state index contributed by atoms with van der Waals surface area (Å²) in [6.07, 6.45) is -4.55. The Bertz CT molecular complexity index is 425. The van der Waals surface area contributed by atoms with E-state index in [1.165, 1.54) is 0 Å². The summed E-state index contributed by atoms with van der Waals surface area (Å²) < 4.78 is 42.8. The number of anilines is 2. The van der Waals surface area contributed by atoms with Gasteiger partial charge in [-0.1, -0.05) is 0 Å². The van der Waals surface area contributed by atoms with Crippen molar-refractivity contribution in [2.45, 2.75) is 6.18 Å². The van der Waals surface area contributed by atoms with Crippen molar-refractivity contribution in [1.82, 2.24) is 14.9 Å². The number of alkyl halides is 3. The third-order valence-electron chi connectivity index (χ3n) is 2.27. The van der Waals surface area contributed by atoms with E-state index < -0.39 is 17.8 Å². The smallest absolute Gasteiger partial charge is 0.378 e. The molecule has 0 aliphatic carbocycles. The van der Waals surface area contributed by atoms with Crippen molar-refractivity contribution in [1.29, 1.82) is 0 Å². The van der Waals surface area contributed by atoms with Gasteiger partial charge in [0.15, 0.2) is 5.69 Å². The molecule has 6 nitrogen and oxygen atoms in total. The van der Waals surface area contributed by atoms with E-state index in [4.69, 9.17) is 10.5 Å². The summed E-state index contributed by atoms with van der Waals surface area (Å²) in [6, 6.07) is 0.816. The molecule has 0 atom stereocenters. The zero-order valence-corrected chi connectivity index (χ0v) is 11.4. The highest BCUT2D eigenvalue weighted by molar-refractivity contribution is 5.41. The Hall–Kier alpha value is -1.61. The van der Waals surface area contributed by atoms with Crippen molar-refractivity contribution in [2.24, 2.45) is 0 Å². The fourth-order valence-corrected chi connectivity index (χ4v) is 1.30. The van der Waals surface area contributed by atoms with E-state index in [0.717, 1.165) is 12.6 Å². The second-order valence-corrected chi connectivity index (χ2v) is 4.34. The molecule has 0 unspecified atom stereocenters. The first-order valence-electron chi connectivity index (χ1n) is 5.97. The standard InChI is InChI=1S/C11H18F3N5O/c1-19(2)4-6-20-5-3-16-9-7-8(11(12,13)14)17-10(15)18-9/h7H,3-6H2,1-2H3,(H3,15,16,17,18). The molecule has 0 aliphatic rings. The lowest BCUT2D eigenvalue weighted by atomic mass is 10.4. The van der Waals surface area contributed by atoms with Crippen LogP contribution in [0.3, 0.4) is 0 Å². The lowest BCUT2D eigenvalue weighted by Crippen LogP contribution is -2.20. The molecule has 0 spiro atoms. The molecule has 1 aromatic rings. The van der Waals surface area contributed by atoms with Gasteiger partial charge >= 0.3 is 6.18 Å². The fourth-order valence-electron chi connectivity index (χ4n) is 1.30. The molecule has 0 bridgehead atoms. The van der Waals surface area contributed by atoms with Gasteiger partial charge in [-0.05, 0) is 14.1 Å². The summed E-state index contributed by atoms with van der Waals surface area (Å²) in [5, 5.41) is 2.72. The molecule has 0 amide bonds. The highest BCUT2D eigenvalue weighted by atomic mass is 19.4. The molecule has 0 aromatic carbocycles. The number of aromatic nitrogens is 2. The van der Waals surface area contributed by atoms with Gasteiger partial charge in [-0.2, -0.15) is 18.2 Å². The summed E-state index contributed by atoms with van der Waals surface area (Å²) >= 11 is 0. The monoisotopic (exact) mass is 293 g/mol. The SMILES string of the molecule is CN(C)CCOCCNc1cc(C(F)(F)F)nc(N)n1. The minimum absolute atomic E-state index is 0.0287. The zero-order chi connectivity index (χ0) is 15.2. The van der Waals surface area contributed by atoms with E-state index in [1.807, 2.05) is 19.0 Å². The van der Waals surface area contributed by atoms with Gasteiger partial charge in [0.2, 0.25) is 5.95 Å². The maximum Gasteiger partial charge on any atom is 0.433 e. The molecule has 0 fully saturated rings. The number of ether oxygens (including phenoxy) is 1. The van der Waals surface area contributed by atoms with Crippen molar-refractivity contribution in [3.8, 4) is 0 Å². The quantitative estimate of drug-likeness (QED) is 0.732. The third kappa shape index (κ3) is 6.02. The van der Waals surface area contributed by atoms with Crippen molar-refractivity contribution < 1.29 is 17.9 Å². The van der Waals surface area contributed by atoms with Crippen molar-refractivity contribution in [2.75, 3.05) is 51.4 Å². The maximum absolute atomic E-state index is 12.5. The van der Waals surface area contributed by atoms with Crippen LogP contribution in [0.4, 0.5) is 24.9 Å². The predicted octanol–water partition coefficient (Wildman–Crippen LogP) is 1.07. The molecule has 114 valence electrons. The van der Waals surface area contributed by atoms with E-state index >= 15 is 0 Å². The van der Waals surface area contributed by atoms with E-state index in [-0.39, 0.29) is 5.82 Å². The zero-order valence-electron chi connectivity index (χ0n) is 11.4. The van der Waals surface area contributed by atoms with Gasteiger partial charge < -0.3 is 20.7 Å². The minimum Gasteiger partial charge on any atom is -0.378 e. The van der Waals surface area contributed by atoms with Crippen LogP contribution < -0.4 is 11.1 Å². The average molecular weight is 293 g/mol. The van der Waals surface area contributed by atoms with Gasteiger partial charge in [0.05, 0.1) is 13.2 Å². The Morgan fingerprint density at radius 1 is 1.30 bits per heavy atom. The van der Waals surface area contributed by atoms with Crippen LogP contribution in [0.25, 0.3) is 0 Å². The lowest BCUT2D eigenvalue weighted by molar-refractivity contribution is -0.141. The summed E-state index contributed by atoms with van der Waals surface area (Å²) in [6.45, 7) is 2.02. The van der Waals surface area contributed by atoms with Crippen LogP contribution in [0.1, 0.15) is 5.69 Å². The van der Waals surface area contributed by atoms with E-state index in [1.54, 1.807) is 0 Å². The Balaban J connectivity index is 2.42. The number of halogens is 3. The highest BCUT2D eigenvalue weighted by Gasteiger charge is 2.33. The molecular weight excluding hydrogens is 275 g/mol. The van der Waals surface area contributed by atoms with Crippen LogP contribution >= 0.6 is 0 Å². The number of nitrogens with zero attached hydrogens (tertiary/aromatic N) is 3. The molecule has 0 saturated carbocycles. The average Bonchev–Trinajstić information content (AvgIpc) is 2.31. The van der Waals surface area contributed by atoms with Crippen LogP contribution in [-0.4, -0.2) is 55.3 Å². The lowest BCUT2D eigenvalue weighted by Gasteiger charge is -2.11. The Morgan fingerprint density at radius 2 is 2.00 bits per heavy atom. The number of nitrogens with one attached hydrogen (secondary N) is 1. The van der Waals surface area contributed by atoms with Gasteiger partial charge in [0, 0.05) is 19.2 Å². The predicted molar refractivity (Wildman–Crippen MR) is 69.3 cm³/mol. The second-order valence-electron chi connectivity index (χ2n) is 4.34. The summed E-state index contributed by atoms with van der Waals surface area (Å²) in [5.41, 5.74) is 4.17. The van der Waals surface area contributed by atoms with Gasteiger partial charge in [-0.25, -0.2) is 4.98 Å². The molecule has 1 aromatic heterocycles. The van der Waals surface area contributed by atoms with Gasteiger partial charge in [-0.15, -0.1) is 0 Å². The Kier molecular flexibility index (Phi) is 5.96. The normalized spacial score (nSPS) is 11.9. The number of nitrogen functional groups attached to an aromatic ring is 1. The molecule has 9 heteroatoms. The maximum atomic E-state index is 12.5. The van der Waals surface area contributed by atoms with Crippen molar-refractivity contribution in [3.05, 3.63) is 11.8 Å². The van der Waals surface area contributed by atoms with Crippen LogP contribution in [-0.2, 0) is 10.9 Å². The molecule has 0 saturated heterocycles. The summed E-state index contributed by atoms with van der Waals surface area (Å²) in [5.74, 6) is -0.392. The summed E-state index contributed by atoms with van der Waals surface area (Å²) in [4.78, 5) is 8.80. The number of nitrogens with two attached hydrogens (primary N) is 1. The molecule has 0 aliphatic heterocycles. The van der Waals surface area contributed by atoms with Crippen molar-refractivity contribution in [3.63, 3.8) is 0 Å². The molecule has 1 heterocycles. The number of rotatable bonds is 7. The Labute approximate surface area is 115 Å². The molecule has 0 radical (unpaired) electrons. The van der Waals surface area contributed by atoms with Crippen molar-refractivity contribution >= 4 is 11.8 Å². The topological polar surface area (TPSA) is 76.3 Å². The van der Waals surface area contributed by atoms with Gasteiger partial charge in [-0.3, -0.25) is 0 Å². The largest absolute Gasteiger partial charge is 0.433 e. The van der Waals surface area contributed by atoms with Gasteiger partial charge in [0.1, 0.15) is 5.82 Å². The first-order chi connectivity index (χ1) is 9.29. The van der Waals surface area contributed by atoms with E-state index in [2.05, 4.69) is 15.3 Å².